The minimum absolute atomic E-state index is 0.204. The molecule has 0 bridgehead atoms. The average molecular weight is 280 g/mol. The van der Waals surface area contributed by atoms with Crippen LogP contribution in [-0.4, -0.2) is 19.6 Å². The van der Waals surface area contributed by atoms with Crippen LogP contribution in [-0.2, 0) is 0 Å². The van der Waals surface area contributed by atoms with Gasteiger partial charge in [0.2, 0.25) is 0 Å². The molecule has 0 unspecified atom stereocenters. The third kappa shape index (κ3) is 1.99. The van der Waals surface area contributed by atoms with Gasteiger partial charge in [-0.05, 0) is 17.5 Å². The summed E-state index contributed by atoms with van der Waals surface area (Å²) in [5.74, 6) is -1.06. The average Bonchev–Trinajstić information content (AvgIpc) is 2.95. The summed E-state index contributed by atoms with van der Waals surface area (Å²) >= 11 is 1.21. The van der Waals surface area contributed by atoms with Gasteiger partial charge in [0.15, 0.2) is 17.5 Å². The Morgan fingerprint density at radius 3 is 2.68 bits per heavy atom. The minimum Gasteiger partial charge on any atom is -0.337 e. The summed E-state index contributed by atoms with van der Waals surface area (Å²) in [7, 11) is 0. The van der Waals surface area contributed by atoms with Crippen molar-refractivity contribution in [1.29, 1.82) is 0 Å². The van der Waals surface area contributed by atoms with Gasteiger partial charge in [-0.3, -0.25) is 0 Å². The zero-order chi connectivity index (χ0) is 13.6. The van der Waals surface area contributed by atoms with Crippen molar-refractivity contribution in [1.82, 2.24) is 19.6 Å². The van der Waals surface area contributed by atoms with E-state index in [0.717, 1.165) is 22.7 Å². The Morgan fingerprint density at radius 1 is 1.21 bits per heavy atom. The van der Waals surface area contributed by atoms with E-state index in [1.165, 1.54) is 11.5 Å². The number of nitrogens with one attached hydrogen (secondary N) is 1. The Hall–Kier alpha value is -1.89. The summed E-state index contributed by atoms with van der Waals surface area (Å²) in [5.41, 5.74) is 1.67. The molecule has 3 aromatic rings. The second-order valence-corrected chi connectivity index (χ2v) is 5.26. The number of hydrogen-bond donors (Lipinski definition) is 1. The van der Waals surface area contributed by atoms with E-state index in [0.29, 0.717) is 16.9 Å². The molecule has 0 saturated carbocycles. The number of benzene rings is 1. The number of imidazole rings is 1. The van der Waals surface area contributed by atoms with Gasteiger partial charge < -0.3 is 4.98 Å². The number of aromatic nitrogens is 4. The molecule has 0 aliphatic rings. The van der Waals surface area contributed by atoms with Gasteiger partial charge in [0.25, 0.3) is 0 Å². The molecule has 1 N–H and O–H groups in total. The lowest BCUT2D eigenvalue weighted by Crippen LogP contribution is -1.91. The van der Waals surface area contributed by atoms with Crippen LogP contribution < -0.4 is 0 Å². The molecule has 2 aromatic heterocycles. The quantitative estimate of drug-likeness (QED) is 0.781. The van der Waals surface area contributed by atoms with Crippen LogP contribution in [0.1, 0.15) is 25.5 Å². The van der Waals surface area contributed by atoms with Crippen molar-refractivity contribution in [2.24, 2.45) is 0 Å². The highest BCUT2D eigenvalue weighted by Crippen LogP contribution is 2.30. The van der Waals surface area contributed by atoms with Crippen LogP contribution in [0.5, 0.6) is 0 Å². The van der Waals surface area contributed by atoms with Gasteiger partial charge >= 0.3 is 0 Å². The lowest BCUT2D eigenvalue weighted by Gasteiger charge is -2.00. The Labute approximate surface area is 111 Å². The first-order valence-corrected chi connectivity index (χ1v) is 6.51. The fourth-order valence-corrected chi connectivity index (χ4v) is 2.62. The van der Waals surface area contributed by atoms with Crippen LogP contribution in [0.3, 0.4) is 0 Å². The molecular weight excluding hydrogens is 270 g/mol. The lowest BCUT2D eigenvalue weighted by molar-refractivity contribution is 0.510. The molecule has 2 heterocycles. The van der Waals surface area contributed by atoms with E-state index in [2.05, 4.69) is 19.6 Å². The Balaban J connectivity index is 2.18. The van der Waals surface area contributed by atoms with Gasteiger partial charge in [-0.25, -0.2) is 13.8 Å². The predicted molar refractivity (Wildman–Crippen MR) is 69.0 cm³/mol. The highest BCUT2D eigenvalue weighted by atomic mass is 32.1. The SMILES string of the molecule is CC(C)c1nnsc1-c1nc2cc(F)c(F)cc2[nH]1. The highest BCUT2D eigenvalue weighted by molar-refractivity contribution is 7.09. The Bertz CT molecular complexity index is 708. The topological polar surface area (TPSA) is 54.5 Å². The Kier molecular flexibility index (Phi) is 2.78. The monoisotopic (exact) mass is 280 g/mol. The van der Waals surface area contributed by atoms with E-state index in [1.807, 2.05) is 13.8 Å². The minimum atomic E-state index is -0.905. The molecule has 0 aliphatic carbocycles. The molecule has 0 radical (unpaired) electrons. The summed E-state index contributed by atoms with van der Waals surface area (Å²) in [6, 6.07) is 2.18. The van der Waals surface area contributed by atoms with Crippen LogP contribution in [0.2, 0.25) is 0 Å². The predicted octanol–water partition coefficient (Wildman–Crippen LogP) is 3.48. The third-order valence-corrected chi connectivity index (χ3v) is 3.55. The molecule has 0 atom stereocenters. The van der Waals surface area contributed by atoms with E-state index in [1.54, 1.807) is 0 Å². The molecule has 7 heteroatoms. The lowest BCUT2D eigenvalue weighted by atomic mass is 10.1. The number of aromatic amines is 1. The van der Waals surface area contributed by atoms with Gasteiger partial charge in [-0.1, -0.05) is 18.3 Å². The number of rotatable bonds is 2. The van der Waals surface area contributed by atoms with Crippen molar-refractivity contribution in [3.05, 3.63) is 29.5 Å². The van der Waals surface area contributed by atoms with Gasteiger partial charge in [0.05, 0.1) is 16.7 Å². The molecule has 4 nitrogen and oxygen atoms in total. The largest absolute Gasteiger partial charge is 0.337 e. The van der Waals surface area contributed by atoms with E-state index in [9.17, 15) is 8.78 Å². The zero-order valence-electron chi connectivity index (χ0n) is 10.2. The standard InChI is InChI=1S/C12H10F2N4S/c1-5(2)10-11(19-18-17-10)12-15-8-3-6(13)7(14)4-9(8)16-12/h3-5H,1-2H3,(H,15,16). The summed E-state index contributed by atoms with van der Waals surface area (Å²) < 4.78 is 30.2. The maximum absolute atomic E-state index is 13.2. The molecule has 0 saturated heterocycles. The molecule has 0 fully saturated rings. The molecule has 0 spiro atoms. The first kappa shape index (κ1) is 12.2. The molecule has 19 heavy (non-hydrogen) atoms. The van der Waals surface area contributed by atoms with E-state index < -0.39 is 11.6 Å². The van der Waals surface area contributed by atoms with Crippen molar-refractivity contribution in [2.75, 3.05) is 0 Å². The first-order valence-electron chi connectivity index (χ1n) is 5.73. The fourth-order valence-electron chi connectivity index (χ4n) is 1.85. The van der Waals surface area contributed by atoms with E-state index in [4.69, 9.17) is 0 Å². The second-order valence-electron chi connectivity index (χ2n) is 4.51. The van der Waals surface area contributed by atoms with Crippen LogP contribution in [0, 0.1) is 11.6 Å². The van der Waals surface area contributed by atoms with Crippen molar-refractivity contribution < 1.29 is 8.78 Å². The Morgan fingerprint density at radius 2 is 1.95 bits per heavy atom. The fraction of sp³-hybridized carbons (Fsp3) is 0.250. The van der Waals surface area contributed by atoms with Crippen LogP contribution in [0.15, 0.2) is 12.1 Å². The number of fused-ring (bicyclic) bond motifs is 1. The van der Waals surface area contributed by atoms with Crippen molar-refractivity contribution in [3.63, 3.8) is 0 Å². The summed E-state index contributed by atoms with van der Waals surface area (Å²) in [5, 5.41) is 4.06. The number of halogens is 2. The van der Waals surface area contributed by atoms with Crippen molar-refractivity contribution in [2.45, 2.75) is 19.8 Å². The molecule has 98 valence electrons. The maximum atomic E-state index is 13.2. The van der Waals surface area contributed by atoms with Crippen LogP contribution in [0.4, 0.5) is 8.78 Å². The number of hydrogen-bond acceptors (Lipinski definition) is 4. The molecule has 0 aliphatic heterocycles. The normalized spacial score (nSPS) is 11.6. The van der Waals surface area contributed by atoms with E-state index in [-0.39, 0.29) is 5.92 Å². The van der Waals surface area contributed by atoms with Crippen LogP contribution >= 0.6 is 11.5 Å². The van der Waals surface area contributed by atoms with Gasteiger partial charge in [-0.2, -0.15) is 0 Å². The summed E-state index contributed by atoms with van der Waals surface area (Å²) in [6.45, 7) is 4.00. The molecule has 3 rings (SSSR count). The number of H-pyrrole nitrogens is 1. The van der Waals surface area contributed by atoms with E-state index >= 15 is 0 Å². The first-order chi connectivity index (χ1) is 9.06. The number of nitrogens with zero attached hydrogens (tertiary/aromatic N) is 3. The summed E-state index contributed by atoms with van der Waals surface area (Å²) in [6.07, 6.45) is 0. The van der Waals surface area contributed by atoms with Gasteiger partial charge in [0.1, 0.15) is 4.88 Å². The molecule has 0 amide bonds. The summed E-state index contributed by atoms with van der Waals surface area (Å²) in [4.78, 5) is 8.04. The second kappa shape index (κ2) is 4.34. The molecular formula is C12H10F2N4S. The molecule has 1 aromatic carbocycles. The zero-order valence-corrected chi connectivity index (χ0v) is 11.1. The maximum Gasteiger partial charge on any atom is 0.161 e. The smallest absolute Gasteiger partial charge is 0.161 e. The van der Waals surface area contributed by atoms with Crippen LogP contribution in [0.25, 0.3) is 21.7 Å². The third-order valence-electron chi connectivity index (χ3n) is 2.80. The van der Waals surface area contributed by atoms with Gasteiger partial charge in [-0.15, -0.1) is 5.10 Å². The van der Waals surface area contributed by atoms with Crippen molar-refractivity contribution in [3.8, 4) is 10.7 Å². The van der Waals surface area contributed by atoms with Crippen molar-refractivity contribution >= 4 is 22.6 Å². The van der Waals surface area contributed by atoms with Gasteiger partial charge in [0, 0.05) is 12.1 Å². The highest BCUT2D eigenvalue weighted by Gasteiger charge is 2.17.